The average molecular weight is 985 g/mol. The second kappa shape index (κ2) is 27.3. The van der Waals surface area contributed by atoms with Gasteiger partial charge in [-0.3, -0.25) is 19.2 Å². The molecule has 324 valence electrons. The number of nitrogens with one attached hydrogen (secondary N) is 4. The smallest absolute Gasteiger partial charge is 0.744 e. The average Bonchev–Trinajstić information content (AvgIpc) is 3.17. The van der Waals surface area contributed by atoms with Crippen LogP contribution in [0.3, 0.4) is 0 Å². The summed E-state index contributed by atoms with van der Waals surface area (Å²) in [5.41, 5.74) is -2.93. The number of Topliss-reactive ketones (excluding diaryl/α,β-unsaturated/α-hetero) is 2. The molecule has 66 heavy (non-hydrogen) atoms. The summed E-state index contributed by atoms with van der Waals surface area (Å²) < 4.78 is 72.8. The van der Waals surface area contributed by atoms with Crippen molar-refractivity contribution in [1.29, 1.82) is 0 Å². The van der Waals surface area contributed by atoms with Crippen molar-refractivity contribution in [1.82, 2.24) is 0 Å². The molecule has 0 fully saturated rings. The van der Waals surface area contributed by atoms with Crippen molar-refractivity contribution in [2.75, 3.05) is 28.4 Å². The summed E-state index contributed by atoms with van der Waals surface area (Å²) in [4.78, 5) is 85.7. The van der Waals surface area contributed by atoms with E-state index in [9.17, 15) is 69.7 Å². The van der Waals surface area contributed by atoms with Crippen LogP contribution < -0.4 is 154 Å². The minimum Gasteiger partial charge on any atom is -0.744 e. The van der Waals surface area contributed by atoms with Gasteiger partial charge in [0.25, 0.3) is 11.8 Å². The largest absolute Gasteiger partial charge is 1.00 e. The van der Waals surface area contributed by atoms with E-state index in [1.165, 1.54) is 7.11 Å². The number of carboxylic acid groups (broad SMARTS) is 2. The van der Waals surface area contributed by atoms with Gasteiger partial charge in [-0.15, -0.1) is 0 Å². The minimum atomic E-state index is -4.96. The van der Waals surface area contributed by atoms with Crippen molar-refractivity contribution in [3.63, 3.8) is 0 Å². The molecule has 0 spiro atoms. The molecule has 0 aliphatic carbocycles. The zero-order chi connectivity index (χ0) is 46.1. The van der Waals surface area contributed by atoms with Gasteiger partial charge in [0, 0.05) is 28.2 Å². The quantitative estimate of drug-likeness (QED) is 0.0330. The number of hydrogen-bond donors (Lipinski definition) is 4. The van der Waals surface area contributed by atoms with Crippen LogP contribution in [0.4, 0.5) is 38.9 Å². The third kappa shape index (κ3) is 17.7. The fourth-order valence-corrected chi connectivity index (χ4v) is 5.92. The number of rotatable bonds is 17. The van der Waals surface area contributed by atoms with E-state index in [1.54, 1.807) is 0 Å². The van der Waals surface area contributed by atoms with Gasteiger partial charge in [0.05, 0.1) is 45.9 Å². The number of anilines is 4. The first-order chi connectivity index (χ1) is 29.0. The van der Waals surface area contributed by atoms with Crippen molar-refractivity contribution < 1.29 is 193 Å². The molecule has 4 amide bonds. The van der Waals surface area contributed by atoms with Crippen LogP contribution in [-0.2, 0) is 39.4 Å². The van der Waals surface area contributed by atoms with Gasteiger partial charge in [-0.05, 0) is 92.7 Å². The Morgan fingerprint density at radius 1 is 0.545 bits per heavy atom. The number of ketones is 2. The minimum absolute atomic E-state index is 0. The Morgan fingerprint density at radius 3 is 1.32 bits per heavy atom. The molecular formula is C36H28N8Na4O16S2. The van der Waals surface area contributed by atoms with Gasteiger partial charge in [0.1, 0.15) is 26.0 Å². The van der Waals surface area contributed by atoms with E-state index < -0.39 is 106 Å². The summed E-state index contributed by atoms with van der Waals surface area (Å²) in [5, 5.41) is 47.6. The van der Waals surface area contributed by atoms with Gasteiger partial charge < -0.3 is 54.9 Å². The van der Waals surface area contributed by atoms with Crippen LogP contribution in [0.2, 0.25) is 0 Å². The first-order valence-corrected chi connectivity index (χ1v) is 19.7. The number of methoxy groups -OCH3 is 1. The van der Waals surface area contributed by atoms with E-state index in [4.69, 9.17) is 4.74 Å². The Balaban J connectivity index is 0.0000106. The second-order valence-corrected chi connectivity index (χ2v) is 15.1. The Hall–Kier alpha value is -3.81. The van der Waals surface area contributed by atoms with Crippen LogP contribution in [0.5, 0.6) is 5.75 Å². The van der Waals surface area contributed by atoms with Crippen LogP contribution in [0, 0.1) is 0 Å². The summed E-state index contributed by atoms with van der Waals surface area (Å²) >= 11 is 0. The fraction of sp³-hybridized carbons (Fsp3) is 0.139. The molecule has 24 nitrogen and oxygen atoms in total. The fourth-order valence-electron chi connectivity index (χ4n) is 4.96. The normalized spacial score (nSPS) is 11.8. The number of amides is 4. The molecule has 4 rings (SSSR count). The summed E-state index contributed by atoms with van der Waals surface area (Å²) in [6.45, 7) is 1.94. The monoisotopic (exact) mass is 984 g/mol. The van der Waals surface area contributed by atoms with E-state index in [0.29, 0.717) is 0 Å². The zero-order valence-corrected chi connectivity index (χ0v) is 45.4. The second-order valence-electron chi connectivity index (χ2n) is 12.3. The number of nitrogens with zero attached hydrogens (tertiary/aromatic N) is 4. The van der Waals surface area contributed by atoms with Gasteiger partial charge in [-0.2, -0.15) is 20.5 Å². The van der Waals surface area contributed by atoms with E-state index in [0.717, 1.165) is 92.7 Å². The predicted octanol–water partition coefficient (Wildman–Crippen LogP) is -10.7. The van der Waals surface area contributed by atoms with E-state index in [2.05, 4.69) is 41.7 Å². The van der Waals surface area contributed by atoms with Crippen LogP contribution in [0.25, 0.3) is 0 Å². The Labute approximate surface area is 463 Å². The van der Waals surface area contributed by atoms with Crippen molar-refractivity contribution in [3.05, 3.63) is 90.0 Å². The van der Waals surface area contributed by atoms with Crippen LogP contribution in [0.15, 0.2) is 109 Å². The molecule has 0 aliphatic heterocycles. The predicted molar refractivity (Wildman–Crippen MR) is 205 cm³/mol. The Morgan fingerprint density at radius 2 is 0.939 bits per heavy atom. The summed E-state index contributed by atoms with van der Waals surface area (Å²) in [6.07, 6.45) is 0. The summed E-state index contributed by atoms with van der Waals surface area (Å²) in [6, 6.07) is 8.07. The molecule has 0 saturated heterocycles. The van der Waals surface area contributed by atoms with Crippen molar-refractivity contribution >= 4 is 95.7 Å². The molecule has 0 radical (unpaired) electrons. The SMILES string of the molecule is COc1ccc(S(=O)(=O)[O-])cc1NC(=O)C(N=Nc1ccc(NC(=O)Nc2ccc(N=NC(C(C)=O)C(=O)Nc3ccc(S(=O)(=O)[O-])cc3)c(C(=O)[O-])c2)cc1C(=O)[O-])C(C)=O.[Na+].[Na+].[Na+].[Na+]. The van der Waals surface area contributed by atoms with E-state index in [-0.39, 0.29) is 147 Å². The van der Waals surface area contributed by atoms with E-state index >= 15 is 0 Å². The van der Waals surface area contributed by atoms with Gasteiger partial charge in [-0.25, -0.2) is 21.6 Å². The number of azo groups is 2. The molecule has 4 aromatic rings. The first kappa shape index (κ1) is 62.2. The number of benzene rings is 4. The molecule has 4 N–H and O–H groups in total. The Kier molecular flexibility index (Phi) is 25.7. The molecule has 30 heteroatoms. The topological polar surface area (TPSA) is 387 Å². The van der Waals surface area contributed by atoms with Crippen LogP contribution in [-0.4, -0.2) is 86.5 Å². The van der Waals surface area contributed by atoms with Crippen molar-refractivity contribution in [3.8, 4) is 5.75 Å². The molecule has 0 aliphatic rings. The van der Waals surface area contributed by atoms with Gasteiger partial charge in [0.2, 0.25) is 12.1 Å². The van der Waals surface area contributed by atoms with Gasteiger partial charge >= 0.3 is 124 Å². The molecule has 0 aromatic heterocycles. The number of ether oxygens (including phenoxy) is 1. The number of carboxylic acids is 2. The number of carbonyl (C=O) groups is 7. The molecule has 0 bridgehead atoms. The number of carbonyl (C=O) groups excluding carboxylic acids is 7. The zero-order valence-electron chi connectivity index (χ0n) is 35.8. The van der Waals surface area contributed by atoms with Crippen LogP contribution >= 0.6 is 0 Å². The first-order valence-electron chi connectivity index (χ1n) is 16.9. The molecule has 0 heterocycles. The third-order valence-corrected chi connectivity index (χ3v) is 9.59. The number of hydrogen-bond acceptors (Lipinski definition) is 20. The van der Waals surface area contributed by atoms with Crippen molar-refractivity contribution in [2.24, 2.45) is 20.5 Å². The molecule has 0 saturated carbocycles. The van der Waals surface area contributed by atoms with Crippen LogP contribution in [0.1, 0.15) is 34.6 Å². The summed E-state index contributed by atoms with van der Waals surface area (Å²) in [5.74, 6) is -7.70. The van der Waals surface area contributed by atoms with Crippen molar-refractivity contribution in [2.45, 2.75) is 35.7 Å². The molecular weight excluding hydrogens is 957 g/mol. The Bertz CT molecular complexity index is 2800. The van der Waals surface area contributed by atoms with E-state index in [1.807, 2.05) is 0 Å². The molecule has 2 atom stereocenters. The molecule has 4 aromatic carbocycles. The van der Waals surface area contributed by atoms with Gasteiger partial charge in [0.15, 0.2) is 11.6 Å². The maximum atomic E-state index is 13.0. The summed E-state index contributed by atoms with van der Waals surface area (Å²) in [7, 11) is -8.55. The maximum absolute atomic E-state index is 13.0. The third-order valence-electron chi connectivity index (χ3n) is 7.91. The number of aromatic carboxylic acids is 2. The molecule has 2 unspecified atom stereocenters. The van der Waals surface area contributed by atoms with Gasteiger partial charge in [-0.1, -0.05) is 0 Å². The maximum Gasteiger partial charge on any atom is 1.00 e. The number of urea groups is 1. The standard InChI is InChI=1S/C36H32N8O16S2.4Na/c1-17(45)30(32(47)37-19-4-8-22(9-5-19)61(54,55)56)43-41-26-11-6-20(14-24(26)34(49)50)38-36(53)39-21-7-12-27(25(15-21)35(51)52)42-44-31(18(2)46)33(48)40-28-16-23(62(57,58)59)10-13-29(28)60-3;;;;/h4-16,30-31H,1-3H3,(H,37,47)(H,40,48)(H,49,50)(H,51,52)(H2,38,39,53)(H,54,55,56)(H,57,58,59);;;;/q;4*+1/p-4.